The second-order valence-corrected chi connectivity index (χ2v) is 5.45. The highest BCUT2D eigenvalue weighted by Crippen LogP contribution is 2.39. The van der Waals surface area contributed by atoms with Crippen LogP contribution in [0.3, 0.4) is 0 Å². The lowest BCUT2D eigenvalue weighted by atomic mass is 9.76. The molecule has 84 valence electrons. The smallest absolute Gasteiger partial charge is 0.280 e. The van der Waals surface area contributed by atoms with E-state index in [4.69, 9.17) is 23.5 Å². The van der Waals surface area contributed by atoms with Crippen molar-refractivity contribution >= 4 is 29.4 Å². The van der Waals surface area contributed by atoms with Crippen LogP contribution in [0.4, 0.5) is 0 Å². The van der Waals surface area contributed by atoms with Gasteiger partial charge in [-0.3, -0.25) is 4.89 Å². The molecule has 14 heavy (non-hydrogen) atoms. The van der Waals surface area contributed by atoms with E-state index in [-0.39, 0.29) is 10.8 Å². The normalized spacial score (nSPS) is 15.1. The Kier molecular flexibility index (Phi) is 4.69. The summed E-state index contributed by atoms with van der Waals surface area (Å²) in [7, 11) is 0. The van der Waals surface area contributed by atoms with Crippen molar-refractivity contribution in [3.8, 4) is 0 Å². The van der Waals surface area contributed by atoms with Gasteiger partial charge in [-0.1, -0.05) is 25.2 Å². The lowest BCUT2D eigenvalue weighted by Crippen LogP contribution is -2.42. The average molecular weight is 243 g/mol. The van der Waals surface area contributed by atoms with Gasteiger partial charge in [0.2, 0.25) is 0 Å². The first kappa shape index (κ1) is 14.0. The molecule has 0 saturated carbocycles. The van der Waals surface area contributed by atoms with Gasteiger partial charge in [0, 0.05) is 0 Å². The van der Waals surface area contributed by atoms with E-state index in [0.29, 0.717) is 0 Å². The highest BCUT2D eigenvalue weighted by Gasteiger charge is 2.44. The number of carbonyl (C=O) groups excluding carboxylic acids is 1. The second kappa shape index (κ2) is 4.69. The average Bonchev–Trinajstić information content (AvgIpc) is 2.01. The third-order valence-corrected chi connectivity index (χ3v) is 3.29. The van der Waals surface area contributed by atoms with Gasteiger partial charge < -0.3 is 0 Å². The molecular formula is C9H16Cl2O3. The summed E-state index contributed by atoms with van der Waals surface area (Å²) in [5.74, 6) is -0.581. The maximum absolute atomic E-state index is 11.4. The molecule has 0 aliphatic heterocycles. The van der Waals surface area contributed by atoms with Crippen molar-refractivity contribution in [1.29, 1.82) is 0 Å². The van der Waals surface area contributed by atoms with Crippen LogP contribution in [-0.4, -0.2) is 11.3 Å². The minimum absolute atomic E-state index is 0.212. The van der Waals surface area contributed by atoms with Gasteiger partial charge in [0.15, 0.2) is 0 Å². The van der Waals surface area contributed by atoms with E-state index in [0.717, 1.165) is 0 Å². The molecule has 0 radical (unpaired) electrons. The molecule has 0 N–H and O–H groups in total. The van der Waals surface area contributed by atoms with Crippen molar-refractivity contribution in [1.82, 2.24) is 0 Å². The quantitative estimate of drug-likeness (QED) is 0.433. The maximum atomic E-state index is 11.4. The molecule has 0 fully saturated rings. The molecular weight excluding hydrogens is 227 g/mol. The number of halogens is 2. The van der Waals surface area contributed by atoms with E-state index in [2.05, 4.69) is 9.33 Å². The van der Waals surface area contributed by atoms with Crippen molar-refractivity contribution in [2.75, 3.05) is 0 Å². The van der Waals surface area contributed by atoms with Crippen LogP contribution in [0.25, 0.3) is 0 Å². The lowest BCUT2D eigenvalue weighted by molar-refractivity contribution is -0.223. The fourth-order valence-electron chi connectivity index (χ4n) is 1.32. The fourth-order valence-corrected chi connectivity index (χ4v) is 1.47. The highest BCUT2D eigenvalue weighted by atomic mass is 35.5. The summed E-state index contributed by atoms with van der Waals surface area (Å²) in [6.07, 6.45) is 0. The molecule has 0 saturated heterocycles. The van der Waals surface area contributed by atoms with Gasteiger partial charge >= 0.3 is 5.97 Å². The largest absolute Gasteiger partial charge is 0.351 e. The number of hydrogen-bond donors (Lipinski definition) is 0. The SMILES string of the molecule is CC(C)(C)C(Cl)C(C)(C)C(=O)OOCl. The zero-order valence-electron chi connectivity index (χ0n) is 9.06. The maximum Gasteiger partial charge on any atom is 0.351 e. The van der Waals surface area contributed by atoms with Crippen molar-refractivity contribution in [3.63, 3.8) is 0 Å². The first-order chi connectivity index (χ1) is 6.14. The topological polar surface area (TPSA) is 35.5 Å². The summed E-state index contributed by atoms with van der Waals surface area (Å²) >= 11 is 11.0. The molecule has 1 unspecified atom stereocenters. The van der Waals surface area contributed by atoms with Gasteiger partial charge in [-0.15, -0.1) is 11.6 Å². The number of carbonyl (C=O) groups is 1. The molecule has 0 aromatic carbocycles. The first-order valence-corrected chi connectivity index (χ1v) is 5.02. The third kappa shape index (κ3) is 3.30. The molecule has 0 bridgehead atoms. The Labute approximate surface area is 94.8 Å². The monoisotopic (exact) mass is 242 g/mol. The molecule has 0 heterocycles. The van der Waals surface area contributed by atoms with Gasteiger partial charge in [0.1, 0.15) is 11.9 Å². The van der Waals surface area contributed by atoms with E-state index in [1.165, 1.54) is 0 Å². The van der Waals surface area contributed by atoms with E-state index in [1.807, 2.05) is 20.8 Å². The number of rotatable bonds is 3. The van der Waals surface area contributed by atoms with Gasteiger partial charge in [-0.05, 0) is 19.3 Å². The van der Waals surface area contributed by atoms with Gasteiger partial charge in [0.25, 0.3) is 0 Å². The molecule has 0 amide bonds. The van der Waals surface area contributed by atoms with Crippen LogP contribution in [0.2, 0.25) is 0 Å². The highest BCUT2D eigenvalue weighted by molar-refractivity contribution is 6.23. The molecule has 0 aromatic heterocycles. The molecule has 0 aromatic rings. The van der Waals surface area contributed by atoms with E-state index >= 15 is 0 Å². The van der Waals surface area contributed by atoms with Crippen LogP contribution < -0.4 is 0 Å². The van der Waals surface area contributed by atoms with Crippen molar-refractivity contribution in [2.45, 2.75) is 40.0 Å². The molecule has 5 heteroatoms. The van der Waals surface area contributed by atoms with E-state index in [9.17, 15) is 4.79 Å². The predicted molar refractivity (Wildman–Crippen MR) is 55.9 cm³/mol. The molecule has 0 aliphatic carbocycles. The summed E-state index contributed by atoms with van der Waals surface area (Å²) in [6.45, 7) is 9.21. The Morgan fingerprint density at radius 3 is 1.93 bits per heavy atom. The van der Waals surface area contributed by atoms with Crippen LogP contribution in [0, 0.1) is 10.8 Å². The van der Waals surface area contributed by atoms with E-state index < -0.39 is 11.4 Å². The molecule has 1 atom stereocenters. The minimum atomic E-state index is -0.852. The van der Waals surface area contributed by atoms with Crippen LogP contribution in [0.1, 0.15) is 34.6 Å². The Bertz CT molecular complexity index is 209. The summed E-state index contributed by atoms with van der Waals surface area (Å²) in [6, 6.07) is 0. The van der Waals surface area contributed by atoms with Crippen molar-refractivity contribution in [2.24, 2.45) is 10.8 Å². The predicted octanol–water partition coefficient (Wildman–Crippen LogP) is 3.29. The molecule has 0 spiro atoms. The van der Waals surface area contributed by atoms with Crippen molar-refractivity contribution in [3.05, 3.63) is 0 Å². The van der Waals surface area contributed by atoms with Gasteiger partial charge in [-0.2, -0.15) is 0 Å². The Morgan fingerprint density at radius 2 is 1.64 bits per heavy atom. The van der Waals surface area contributed by atoms with Crippen LogP contribution in [0.5, 0.6) is 0 Å². The Morgan fingerprint density at radius 1 is 1.21 bits per heavy atom. The van der Waals surface area contributed by atoms with Crippen LogP contribution >= 0.6 is 23.5 Å². The number of hydrogen-bond acceptors (Lipinski definition) is 3. The van der Waals surface area contributed by atoms with Crippen LogP contribution in [0.15, 0.2) is 0 Å². The minimum Gasteiger partial charge on any atom is -0.280 e. The van der Waals surface area contributed by atoms with Gasteiger partial charge in [0.05, 0.1) is 10.8 Å². The number of alkyl halides is 1. The zero-order chi connectivity index (χ0) is 11.6. The Hall–Kier alpha value is 0.01000. The standard InChI is InChI=1S/C9H16Cl2O3/c1-8(2,3)6(10)9(4,5)7(12)13-14-11/h6H,1-5H3. The van der Waals surface area contributed by atoms with Crippen molar-refractivity contribution < 1.29 is 14.1 Å². The zero-order valence-corrected chi connectivity index (χ0v) is 10.6. The Balaban J connectivity index is 4.69. The first-order valence-electron chi connectivity index (χ1n) is 4.27. The lowest BCUT2D eigenvalue weighted by Gasteiger charge is -2.35. The summed E-state index contributed by atoms with van der Waals surface area (Å²) in [5, 5.41) is -0.380. The van der Waals surface area contributed by atoms with E-state index in [1.54, 1.807) is 13.8 Å². The third-order valence-electron chi connectivity index (χ3n) is 2.03. The van der Waals surface area contributed by atoms with Crippen LogP contribution in [-0.2, 0) is 14.1 Å². The summed E-state index contributed by atoms with van der Waals surface area (Å²) in [5.41, 5.74) is -1.06. The molecule has 0 aliphatic rings. The second-order valence-electron chi connectivity index (χ2n) is 4.88. The summed E-state index contributed by atoms with van der Waals surface area (Å²) in [4.78, 5) is 15.7. The molecule has 0 rings (SSSR count). The fraction of sp³-hybridized carbons (Fsp3) is 0.889. The van der Waals surface area contributed by atoms with Gasteiger partial charge in [-0.25, -0.2) is 4.79 Å². The molecule has 3 nitrogen and oxygen atoms in total. The summed E-state index contributed by atoms with van der Waals surface area (Å²) < 4.78 is 3.82.